The second-order valence-corrected chi connectivity index (χ2v) is 6.52. The van der Waals surface area contributed by atoms with Gasteiger partial charge in [-0.3, -0.25) is 5.10 Å². The summed E-state index contributed by atoms with van der Waals surface area (Å²) in [6.45, 7) is 0.776. The van der Waals surface area contributed by atoms with E-state index < -0.39 is 10.0 Å². The van der Waals surface area contributed by atoms with Gasteiger partial charge in [0.2, 0.25) is 10.0 Å². The van der Waals surface area contributed by atoms with Gasteiger partial charge in [0.25, 0.3) is 0 Å². The first-order valence-corrected chi connectivity index (χ1v) is 8.34. The highest BCUT2D eigenvalue weighted by Gasteiger charge is 2.11. The Morgan fingerprint density at radius 3 is 2.81 bits per heavy atom. The molecule has 0 aliphatic rings. The number of hydrogen-bond donors (Lipinski definition) is 3. The molecule has 0 radical (unpaired) electrons. The molecule has 0 unspecified atom stereocenters. The van der Waals surface area contributed by atoms with Gasteiger partial charge in [-0.15, -0.1) is 0 Å². The van der Waals surface area contributed by atoms with Gasteiger partial charge in [0, 0.05) is 19.5 Å². The molecule has 1 heterocycles. The molecule has 0 saturated heterocycles. The summed E-state index contributed by atoms with van der Waals surface area (Å²) in [5.41, 5.74) is 7.21. The van der Waals surface area contributed by atoms with Crippen molar-refractivity contribution in [2.45, 2.75) is 25.1 Å². The summed E-state index contributed by atoms with van der Waals surface area (Å²) in [4.78, 5) is 3.98. The van der Waals surface area contributed by atoms with E-state index in [9.17, 15) is 8.42 Å². The number of aromatic amines is 1. The Morgan fingerprint density at radius 2 is 2.10 bits per heavy atom. The maximum Gasteiger partial charge on any atom is 0.215 e. The fourth-order valence-corrected chi connectivity index (χ4v) is 3.13. The van der Waals surface area contributed by atoms with Crippen LogP contribution in [0.2, 0.25) is 0 Å². The van der Waals surface area contributed by atoms with E-state index in [0.29, 0.717) is 25.9 Å². The van der Waals surface area contributed by atoms with Crippen LogP contribution >= 0.6 is 0 Å². The Kier molecular flexibility index (Phi) is 5.43. The predicted molar refractivity (Wildman–Crippen MR) is 79.7 cm³/mol. The molecule has 0 bridgehead atoms. The Hall–Kier alpha value is -1.77. The summed E-state index contributed by atoms with van der Waals surface area (Å²) in [6.07, 6.45) is 2.76. The molecule has 0 saturated carbocycles. The van der Waals surface area contributed by atoms with Gasteiger partial charge in [-0.2, -0.15) is 5.10 Å². The first-order valence-electron chi connectivity index (χ1n) is 6.68. The molecule has 0 fully saturated rings. The van der Waals surface area contributed by atoms with Crippen molar-refractivity contribution in [2.24, 2.45) is 5.73 Å². The molecule has 2 aromatic rings. The van der Waals surface area contributed by atoms with E-state index in [4.69, 9.17) is 5.73 Å². The van der Waals surface area contributed by atoms with Gasteiger partial charge < -0.3 is 5.73 Å². The Bertz CT molecular complexity index is 655. The van der Waals surface area contributed by atoms with E-state index in [1.54, 1.807) is 6.07 Å². The maximum absolute atomic E-state index is 12.0. The number of nitrogens with one attached hydrogen (secondary N) is 2. The molecule has 1 aromatic heterocycles. The monoisotopic (exact) mass is 309 g/mol. The van der Waals surface area contributed by atoms with Crippen molar-refractivity contribution < 1.29 is 8.42 Å². The van der Waals surface area contributed by atoms with Crippen LogP contribution in [0.25, 0.3) is 0 Å². The third-order valence-corrected chi connectivity index (χ3v) is 4.32. The second-order valence-electron chi connectivity index (χ2n) is 4.71. The van der Waals surface area contributed by atoms with Crippen molar-refractivity contribution in [1.82, 2.24) is 19.9 Å². The summed E-state index contributed by atoms with van der Waals surface area (Å²) in [6, 6.07) is 7.29. The number of H-pyrrole nitrogens is 1. The van der Waals surface area contributed by atoms with Crippen molar-refractivity contribution in [3.05, 3.63) is 47.5 Å². The van der Waals surface area contributed by atoms with Crippen molar-refractivity contribution >= 4 is 10.0 Å². The number of aromatic nitrogens is 3. The van der Waals surface area contributed by atoms with Crippen LogP contribution in [0.1, 0.15) is 23.4 Å². The summed E-state index contributed by atoms with van der Waals surface area (Å²) in [5.74, 6) is 0.716. The highest BCUT2D eigenvalue weighted by Crippen LogP contribution is 2.08. The van der Waals surface area contributed by atoms with Gasteiger partial charge in [-0.1, -0.05) is 24.3 Å². The number of aryl methyl sites for hydroxylation is 1. The molecule has 0 spiro atoms. The lowest BCUT2D eigenvalue weighted by Crippen LogP contribution is -2.26. The van der Waals surface area contributed by atoms with Gasteiger partial charge in [0.1, 0.15) is 12.2 Å². The molecular weight excluding hydrogens is 290 g/mol. The zero-order chi connectivity index (χ0) is 15.1. The minimum absolute atomic E-state index is 0.0385. The van der Waals surface area contributed by atoms with Crippen LogP contribution in [0.3, 0.4) is 0 Å². The minimum atomic E-state index is -3.34. The van der Waals surface area contributed by atoms with Gasteiger partial charge in [0.15, 0.2) is 0 Å². The lowest BCUT2D eigenvalue weighted by atomic mass is 10.1. The Balaban J connectivity index is 1.81. The fraction of sp³-hybridized carbons (Fsp3) is 0.385. The molecule has 8 heteroatoms. The van der Waals surface area contributed by atoms with Gasteiger partial charge in [-0.25, -0.2) is 18.1 Å². The van der Waals surface area contributed by atoms with Crippen LogP contribution in [-0.2, 0) is 28.7 Å². The normalized spacial score (nSPS) is 11.7. The third-order valence-electron chi connectivity index (χ3n) is 2.96. The van der Waals surface area contributed by atoms with Crippen molar-refractivity contribution in [2.75, 3.05) is 6.54 Å². The average Bonchev–Trinajstić information content (AvgIpc) is 2.96. The molecule has 0 amide bonds. The molecule has 21 heavy (non-hydrogen) atoms. The molecule has 7 nitrogen and oxygen atoms in total. The van der Waals surface area contributed by atoms with Gasteiger partial charge >= 0.3 is 0 Å². The maximum atomic E-state index is 12.0. The first-order chi connectivity index (χ1) is 10.1. The number of nitrogens with two attached hydrogens (primary N) is 1. The summed E-state index contributed by atoms with van der Waals surface area (Å²) in [7, 11) is -3.34. The summed E-state index contributed by atoms with van der Waals surface area (Å²) < 4.78 is 26.6. The van der Waals surface area contributed by atoms with E-state index in [-0.39, 0.29) is 5.75 Å². The molecule has 0 atom stereocenters. The van der Waals surface area contributed by atoms with E-state index in [1.165, 1.54) is 6.33 Å². The van der Waals surface area contributed by atoms with E-state index >= 15 is 0 Å². The van der Waals surface area contributed by atoms with E-state index in [1.807, 2.05) is 18.2 Å². The topological polar surface area (TPSA) is 114 Å². The number of hydrogen-bond acceptors (Lipinski definition) is 5. The van der Waals surface area contributed by atoms with Crippen LogP contribution in [0.4, 0.5) is 0 Å². The van der Waals surface area contributed by atoms with Crippen LogP contribution in [0.15, 0.2) is 30.6 Å². The molecular formula is C13H19N5O2S. The second kappa shape index (κ2) is 7.30. The average molecular weight is 309 g/mol. The quantitative estimate of drug-likeness (QED) is 0.607. The number of rotatable bonds is 8. The molecule has 2 rings (SSSR count). The minimum Gasteiger partial charge on any atom is -0.326 e. The molecule has 114 valence electrons. The zero-order valence-electron chi connectivity index (χ0n) is 11.6. The molecule has 1 aromatic carbocycles. The van der Waals surface area contributed by atoms with Crippen molar-refractivity contribution in [3.8, 4) is 0 Å². The third kappa shape index (κ3) is 5.25. The predicted octanol–water partition coefficient (Wildman–Crippen LogP) is 0.316. The van der Waals surface area contributed by atoms with E-state index in [0.717, 1.165) is 17.0 Å². The fourth-order valence-electron chi connectivity index (χ4n) is 1.95. The van der Waals surface area contributed by atoms with Gasteiger partial charge in [-0.05, 0) is 17.5 Å². The van der Waals surface area contributed by atoms with Crippen LogP contribution in [-0.4, -0.2) is 30.1 Å². The zero-order valence-corrected chi connectivity index (χ0v) is 12.4. The van der Waals surface area contributed by atoms with E-state index in [2.05, 4.69) is 19.9 Å². The van der Waals surface area contributed by atoms with Crippen molar-refractivity contribution in [1.29, 1.82) is 0 Å². The van der Waals surface area contributed by atoms with Crippen LogP contribution in [0.5, 0.6) is 0 Å². The lowest BCUT2D eigenvalue weighted by Gasteiger charge is -2.07. The highest BCUT2D eigenvalue weighted by atomic mass is 32.2. The molecule has 4 N–H and O–H groups in total. The largest absolute Gasteiger partial charge is 0.326 e. The highest BCUT2D eigenvalue weighted by molar-refractivity contribution is 7.88. The summed E-state index contributed by atoms with van der Waals surface area (Å²) in [5, 5.41) is 6.47. The number of nitrogens with zero attached hydrogens (tertiary/aromatic N) is 2. The number of sulfonamides is 1. The first kappa shape index (κ1) is 15.6. The Labute approximate surface area is 124 Å². The lowest BCUT2D eigenvalue weighted by molar-refractivity contribution is 0.577. The Morgan fingerprint density at radius 1 is 1.29 bits per heavy atom. The SMILES string of the molecule is NCc1cccc(CS(=O)(=O)NCCCc2ncn[nH]2)c1. The summed E-state index contributed by atoms with van der Waals surface area (Å²) >= 11 is 0. The molecule has 0 aliphatic heterocycles. The molecule has 0 aliphatic carbocycles. The van der Waals surface area contributed by atoms with Crippen LogP contribution in [0, 0.1) is 0 Å². The van der Waals surface area contributed by atoms with Crippen molar-refractivity contribution in [3.63, 3.8) is 0 Å². The van der Waals surface area contributed by atoms with Gasteiger partial charge in [0.05, 0.1) is 5.75 Å². The standard InChI is InChI=1S/C13H19N5O2S/c14-8-11-3-1-4-12(7-11)9-21(19,20)17-6-2-5-13-15-10-16-18-13/h1,3-4,7,10,17H,2,5-6,8-9,14H2,(H,15,16,18). The number of benzene rings is 1. The van der Waals surface area contributed by atoms with Crippen LogP contribution < -0.4 is 10.5 Å². The smallest absolute Gasteiger partial charge is 0.215 e.